The molecule has 2 fully saturated rings. The van der Waals surface area contributed by atoms with Crippen molar-refractivity contribution in [2.75, 3.05) is 20.2 Å². The average molecular weight is 354 g/mol. The SMILES string of the molecule is CON1CCC2(CC1)OC(=O)C(c1ccc(Br)cc1)C2=O. The molecule has 1 atom stereocenters. The maximum Gasteiger partial charge on any atom is 0.322 e. The first kappa shape index (κ1) is 14.7. The fraction of sp³-hybridized carbons (Fsp3) is 0.467. The third-order valence-corrected chi connectivity index (χ3v) is 4.76. The Morgan fingerprint density at radius 1 is 1.24 bits per heavy atom. The number of esters is 1. The monoisotopic (exact) mass is 353 g/mol. The van der Waals surface area contributed by atoms with Gasteiger partial charge in [-0.05, 0) is 17.7 Å². The van der Waals surface area contributed by atoms with E-state index in [1.807, 2.05) is 12.1 Å². The van der Waals surface area contributed by atoms with Crippen molar-refractivity contribution in [1.82, 2.24) is 5.06 Å². The second kappa shape index (κ2) is 5.51. The minimum atomic E-state index is -0.968. The number of hydroxylamine groups is 2. The Hall–Kier alpha value is -1.24. The van der Waals surface area contributed by atoms with E-state index in [4.69, 9.17) is 9.57 Å². The van der Waals surface area contributed by atoms with Crippen LogP contribution in [0.25, 0.3) is 0 Å². The van der Waals surface area contributed by atoms with Crippen molar-refractivity contribution in [3.8, 4) is 0 Å². The van der Waals surface area contributed by atoms with Crippen LogP contribution in [0.2, 0.25) is 0 Å². The predicted molar refractivity (Wildman–Crippen MR) is 78.5 cm³/mol. The molecule has 0 radical (unpaired) electrons. The van der Waals surface area contributed by atoms with Gasteiger partial charge in [0.1, 0.15) is 5.92 Å². The Balaban J connectivity index is 1.84. The third kappa shape index (κ3) is 2.52. The number of Topliss-reactive ketones (excluding diaryl/α,β-unsaturated/α-hetero) is 1. The van der Waals surface area contributed by atoms with Gasteiger partial charge in [-0.25, -0.2) is 0 Å². The van der Waals surface area contributed by atoms with Gasteiger partial charge in [0.2, 0.25) is 0 Å². The lowest BCUT2D eigenvalue weighted by Crippen LogP contribution is -2.48. The van der Waals surface area contributed by atoms with Crippen molar-refractivity contribution in [3.05, 3.63) is 34.3 Å². The Kier molecular flexibility index (Phi) is 3.86. The molecule has 21 heavy (non-hydrogen) atoms. The van der Waals surface area contributed by atoms with Gasteiger partial charge in [0.05, 0.1) is 7.11 Å². The maximum atomic E-state index is 12.8. The van der Waals surface area contributed by atoms with Crippen LogP contribution >= 0.6 is 15.9 Å². The molecule has 2 heterocycles. The molecule has 0 aliphatic carbocycles. The van der Waals surface area contributed by atoms with Gasteiger partial charge in [-0.3, -0.25) is 9.59 Å². The largest absolute Gasteiger partial charge is 0.450 e. The molecule has 3 rings (SSSR count). The van der Waals surface area contributed by atoms with Crippen LogP contribution in [0.3, 0.4) is 0 Å². The number of benzene rings is 1. The molecular weight excluding hydrogens is 338 g/mol. The average Bonchev–Trinajstić information content (AvgIpc) is 2.72. The van der Waals surface area contributed by atoms with Gasteiger partial charge in [0.25, 0.3) is 0 Å². The quantitative estimate of drug-likeness (QED) is 0.601. The molecule has 112 valence electrons. The van der Waals surface area contributed by atoms with E-state index >= 15 is 0 Å². The van der Waals surface area contributed by atoms with E-state index in [2.05, 4.69) is 15.9 Å². The molecule has 6 heteroatoms. The van der Waals surface area contributed by atoms with Crippen LogP contribution in [0.1, 0.15) is 24.3 Å². The van der Waals surface area contributed by atoms with Gasteiger partial charge >= 0.3 is 5.97 Å². The van der Waals surface area contributed by atoms with Gasteiger partial charge in [0.15, 0.2) is 11.4 Å². The molecule has 2 saturated heterocycles. The van der Waals surface area contributed by atoms with Crippen LogP contribution in [0.5, 0.6) is 0 Å². The minimum absolute atomic E-state index is 0.120. The molecule has 1 aromatic rings. The normalized spacial score (nSPS) is 25.3. The zero-order valence-corrected chi connectivity index (χ0v) is 13.3. The van der Waals surface area contributed by atoms with Gasteiger partial charge in [0, 0.05) is 30.4 Å². The van der Waals surface area contributed by atoms with Crippen LogP contribution in [-0.2, 0) is 19.2 Å². The van der Waals surface area contributed by atoms with E-state index in [-0.39, 0.29) is 5.78 Å². The molecule has 2 aliphatic heterocycles. The zero-order valence-electron chi connectivity index (χ0n) is 11.7. The first-order valence-electron chi connectivity index (χ1n) is 6.87. The van der Waals surface area contributed by atoms with Gasteiger partial charge < -0.3 is 9.57 Å². The summed E-state index contributed by atoms with van der Waals surface area (Å²) in [4.78, 5) is 30.1. The highest BCUT2D eigenvalue weighted by Crippen LogP contribution is 2.40. The highest BCUT2D eigenvalue weighted by atomic mass is 79.9. The van der Waals surface area contributed by atoms with E-state index in [0.29, 0.717) is 31.5 Å². The van der Waals surface area contributed by atoms with Crippen LogP contribution in [0.15, 0.2) is 28.7 Å². The Morgan fingerprint density at radius 3 is 2.43 bits per heavy atom. The summed E-state index contributed by atoms with van der Waals surface area (Å²) in [7, 11) is 1.60. The molecule has 0 saturated carbocycles. The smallest absolute Gasteiger partial charge is 0.322 e. The number of hydrogen-bond donors (Lipinski definition) is 0. The molecule has 1 unspecified atom stereocenters. The van der Waals surface area contributed by atoms with Crippen molar-refractivity contribution in [3.63, 3.8) is 0 Å². The molecule has 0 aromatic heterocycles. The lowest BCUT2D eigenvalue weighted by atomic mass is 9.82. The van der Waals surface area contributed by atoms with Crippen molar-refractivity contribution in [2.24, 2.45) is 0 Å². The molecule has 5 nitrogen and oxygen atoms in total. The maximum absolute atomic E-state index is 12.8. The standard InChI is InChI=1S/C15H16BrNO4/c1-20-17-8-6-15(7-9-17)13(18)12(14(19)21-15)10-2-4-11(16)5-3-10/h2-5,12H,6-9H2,1H3. The van der Waals surface area contributed by atoms with Gasteiger partial charge in [-0.1, -0.05) is 28.1 Å². The number of carbonyl (C=O) groups excluding carboxylic acids is 2. The van der Waals surface area contributed by atoms with Crippen LogP contribution in [0.4, 0.5) is 0 Å². The lowest BCUT2D eigenvalue weighted by Gasteiger charge is -2.35. The number of hydrogen-bond acceptors (Lipinski definition) is 5. The van der Waals surface area contributed by atoms with Crippen molar-refractivity contribution in [2.45, 2.75) is 24.4 Å². The van der Waals surface area contributed by atoms with E-state index in [0.717, 1.165) is 4.47 Å². The predicted octanol–water partition coefficient (Wildman–Crippen LogP) is 2.05. The Bertz CT molecular complexity index is 564. The molecule has 0 N–H and O–H groups in total. The van der Waals surface area contributed by atoms with E-state index in [9.17, 15) is 9.59 Å². The summed E-state index contributed by atoms with van der Waals surface area (Å²) >= 11 is 3.35. The Morgan fingerprint density at radius 2 is 1.86 bits per heavy atom. The summed E-state index contributed by atoms with van der Waals surface area (Å²) in [6, 6.07) is 7.23. The van der Waals surface area contributed by atoms with Crippen LogP contribution < -0.4 is 0 Å². The number of piperidine rings is 1. The highest BCUT2D eigenvalue weighted by Gasteiger charge is 2.56. The molecule has 2 aliphatic rings. The first-order chi connectivity index (χ1) is 10.1. The van der Waals surface area contributed by atoms with Crippen LogP contribution in [-0.4, -0.2) is 42.6 Å². The number of carbonyl (C=O) groups is 2. The number of rotatable bonds is 2. The van der Waals surface area contributed by atoms with Crippen molar-refractivity contribution < 1.29 is 19.2 Å². The fourth-order valence-electron chi connectivity index (χ4n) is 2.99. The van der Waals surface area contributed by atoms with Crippen molar-refractivity contribution >= 4 is 27.7 Å². The number of ketones is 1. The molecule has 1 spiro atoms. The third-order valence-electron chi connectivity index (χ3n) is 4.23. The minimum Gasteiger partial charge on any atom is -0.450 e. The molecule has 0 amide bonds. The molecule has 1 aromatic carbocycles. The molecule has 0 bridgehead atoms. The van der Waals surface area contributed by atoms with E-state index in [1.54, 1.807) is 24.3 Å². The summed E-state index contributed by atoms with van der Waals surface area (Å²) in [5.41, 5.74) is -0.275. The zero-order chi connectivity index (χ0) is 15.0. The second-order valence-electron chi connectivity index (χ2n) is 5.38. The van der Waals surface area contributed by atoms with Gasteiger partial charge in [-0.15, -0.1) is 0 Å². The number of ether oxygens (including phenoxy) is 1. The number of nitrogens with zero attached hydrogens (tertiary/aromatic N) is 1. The topological polar surface area (TPSA) is 55.8 Å². The number of halogens is 1. The van der Waals surface area contributed by atoms with E-state index in [1.165, 1.54) is 0 Å². The summed E-state index contributed by atoms with van der Waals surface area (Å²) in [5, 5.41) is 1.78. The second-order valence-corrected chi connectivity index (χ2v) is 6.29. The van der Waals surface area contributed by atoms with Crippen LogP contribution in [0, 0.1) is 0 Å². The van der Waals surface area contributed by atoms with Gasteiger partial charge in [-0.2, -0.15) is 5.06 Å². The van der Waals surface area contributed by atoms with Crippen molar-refractivity contribution in [1.29, 1.82) is 0 Å². The fourth-order valence-corrected chi connectivity index (χ4v) is 3.26. The first-order valence-corrected chi connectivity index (χ1v) is 7.67. The molecular formula is C15H16BrNO4. The lowest BCUT2D eigenvalue weighted by molar-refractivity contribution is -0.184. The summed E-state index contributed by atoms with van der Waals surface area (Å²) in [6.07, 6.45) is 0.969. The van der Waals surface area contributed by atoms with E-state index < -0.39 is 17.5 Å². The summed E-state index contributed by atoms with van der Waals surface area (Å²) in [6.45, 7) is 1.17. The highest BCUT2D eigenvalue weighted by molar-refractivity contribution is 9.10. The summed E-state index contributed by atoms with van der Waals surface area (Å²) < 4.78 is 6.42. The Labute approximate surface area is 131 Å². The summed E-state index contributed by atoms with van der Waals surface area (Å²) in [5.74, 6) is -1.36.